The summed E-state index contributed by atoms with van der Waals surface area (Å²) in [4.78, 5) is 0. The maximum Gasteiger partial charge on any atom is 0.191 e. The minimum atomic E-state index is -0.373. The van der Waals surface area contributed by atoms with Crippen LogP contribution >= 0.6 is 12.2 Å². The van der Waals surface area contributed by atoms with Gasteiger partial charge in [-0.1, -0.05) is 42.5 Å². The maximum atomic E-state index is 13.5. The Hall–Kier alpha value is -3.25. The Morgan fingerprint density at radius 2 is 1.50 bits per heavy atom. The topological polar surface area (TPSA) is 48.5 Å². The second-order valence-corrected chi connectivity index (χ2v) is 5.83. The molecule has 3 rings (SSSR count). The molecule has 0 bridgehead atoms. The third kappa shape index (κ3) is 5.12. The number of hydrazone groups is 1. The highest BCUT2D eigenvalue weighted by Crippen LogP contribution is 2.16. The fourth-order valence-electron chi connectivity index (χ4n) is 2.22. The molecule has 0 heterocycles. The number of thiocarbonyl (C=S) groups is 1. The number of hydrogen-bond acceptors (Lipinski definition) is 3. The summed E-state index contributed by atoms with van der Waals surface area (Å²) in [5.41, 5.74) is 5.89. The van der Waals surface area contributed by atoms with Crippen molar-refractivity contribution in [2.45, 2.75) is 0 Å². The minimum Gasteiger partial charge on any atom is -0.356 e. The Labute approximate surface area is 156 Å². The van der Waals surface area contributed by atoms with Crippen LogP contribution in [0.4, 0.5) is 21.5 Å². The molecule has 0 amide bonds. The van der Waals surface area contributed by atoms with E-state index in [1.807, 2.05) is 54.6 Å². The van der Waals surface area contributed by atoms with Gasteiger partial charge in [0, 0.05) is 11.4 Å². The third-order valence-electron chi connectivity index (χ3n) is 3.47. The monoisotopic (exact) mass is 364 g/mol. The summed E-state index contributed by atoms with van der Waals surface area (Å²) >= 11 is 5.09. The lowest BCUT2D eigenvalue weighted by Crippen LogP contribution is -2.24. The van der Waals surface area contributed by atoms with E-state index in [0.717, 1.165) is 16.9 Å². The van der Waals surface area contributed by atoms with Gasteiger partial charge in [-0.15, -0.1) is 0 Å². The fraction of sp³-hybridized carbons (Fsp3) is 0. The number of rotatable bonds is 5. The van der Waals surface area contributed by atoms with Crippen molar-refractivity contribution in [3.05, 3.63) is 90.2 Å². The summed E-state index contributed by atoms with van der Waals surface area (Å²) in [7, 11) is 0. The highest BCUT2D eigenvalue weighted by atomic mass is 32.1. The standard InChI is InChI=1S/C20H17FN4S/c21-18-8-4-5-9-19(18)24-20(26)25-22-14-15-10-12-17(13-11-15)23-16-6-2-1-3-7-16/h1-14,23H,(H2,24,25,26)/b22-14-. The molecule has 0 saturated carbocycles. The molecular formula is C20H17FN4S. The molecule has 0 saturated heterocycles. The van der Waals surface area contributed by atoms with Gasteiger partial charge in [0.2, 0.25) is 0 Å². The SMILES string of the molecule is Fc1ccccc1NC(=S)N/N=C\c1ccc(Nc2ccccc2)cc1. The van der Waals surface area contributed by atoms with Crippen molar-refractivity contribution >= 4 is 40.6 Å². The van der Waals surface area contributed by atoms with Gasteiger partial charge < -0.3 is 10.6 Å². The van der Waals surface area contributed by atoms with Crippen LogP contribution in [0, 0.1) is 5.82 Å². The van der Waals surface area contributed by atoms with Crippen LogP contribution in [0.15, 0.2) is 84.0 Å². The molecule has 3 N–H and O–H groups in total. The quantitative estimate of drug-likeness (QED) is 0.343. The van der Waals surface area contributed by atoms with E-state index in [9.17, 15) is 4.39 Å². The predicted octanol–water partition coefficient (Wildman–Crippen LogP) is 4.89. The van der Waals surface area contributed by atoms with Crippen molar-refractivity contribution in [2.75, 3.05) is 10.6 Å². The molecular weight excluding hydrogens is 347 g/mol. The van der Waals surface area contributed by atoms with Gasteiger partial charge in [0.15, 0.2) is 5.11 Å². The van der Waals surface area contributed by atoms with Crippen LogP contribution in [0.1, 0.15) is 5.56 Å². The summed E-state index contributed by atoms with van der Waals surface area (Å²) in [5.74, 6) is -0.373. The molecule has 3 aromatic rings. The van der Waals surface area contributed by atoms with Gasteiger partial charge in [-0.05, 0) is 54.2 Å². The van der Waals surface area contributed by atoms with Crippen LogP contribution in [0.25, 0.3) is 0 Å². The summed E-state index contributed by atoms with van der Waals surface area (Å²) in [6.45, 7) is 0. The summed E-state index contributed by atoms with van der Waals surface area (Å²) in [6, 6.07) is 24.0. The van der Waals surface area contributed by atoms with Gasteiger partial charge >= 0.3 is 0 Å². The maximum absolute atomic E-state index is 13.5. The number of benzene rings is 3. The molecule has 0 fully saturated rings. The van der Waals surface area contributed by atoms with Crippen LogP contribution in [-0.4, -0.2) is 11.3 Å². The van der Waals surface area contributed by atoms with Crippen molar-refractivity contribution < 1.29 is 4.39 Å². The minimum absolute atomic E-state index is 0.216. The van der Waals surface area contributed by atoms with Gasteiger partial charge in [-0.3, -0.25) is 5.43 Å². The molecule has 0 unspecified atom stereocenters. The van der Waals surface area contributed by atoms with E-state index in [4.69, 9.17) is 12.2 Å². The summed E-state index contributed by atoms with van der Waals surface area (Å²) < 4.78 is 13.5. The van der Waals surface area contributed by atoms with E-state index in [-0.39, 0.29) is 10.9 Å². The van der Waals surface area contributed by atoms with Crippen LogP contribution < -0.4 is 16.1 Å². The number of nitrogens with one attached hydrogen (secondary N) is 3. The first-order valence-corrected chi connectivity index (χ1v) is 8.38. The van der Waals surface area contributed by atoms with Gasteiger partial charge in [-0.25, -0.2) is 4.39 Å². The van der Waals surface area contributed by atoms with Gasteiger partial charge in [-0.2, -0.15) is 5.10 Å². The Balaban J connectivity index is 1.52. The second-order valence-electron chi connectivity index (χ2n) is 5.42. The molecule has 0 aliphatic carbocycles. The Morgan fingerprint density at radius 1 is 0.846 bits per heavy atom. The van der Waals surface area contributed by atoms with Crippen LogP contribution in [0.5, 0.6) is 0 Å². The highest BCUT2D eigenvalue weighted by molar-refractivity contribution is 7.80. The lowest BCUT2D eigenvalue weighted by atomic mass is 10.2. The van der Waals surface area contributed by atoms with Crippen LogP contribution in [0.2, 0.25) is 0 Å². The van der Waals surface area contributed by atoms with E-state index in [1.165, 1.54) is 6.07 Å². The van der Waals surface area contributed by atoms with Crippen molar-refractivity contribution in [1.29, 1.82) is 0 Å². The smallest absolute Gasteiger partial charge is 0.191 e. The molecule has 0 radical (unpaired) electrons. The van der Waals surface area contributed by atoms with E-state index in [1.54, 1.807) is 24.4 Å². The zero-order valence-electron chi connectivity index (χ0n) is 13.8. The average molecular weight is 364 g/mol. The first-order valence-electron chi connectivity index (χ1n) is 7.97. The van der Waals surface area contributed by atoms with Gasteiger partial charge in [0.05, 0.1) is 11.9 Å². The first kappa shape index (κ1) is 17.6. The van der Waals surface area contributed by atoms with Crippen LogP contribution in [0.3, 0.4) is 0 Å². The zero-order valence-corrected chi connectivity index (χ0v) is 14.6. The Morgan fingerprint density at radius 3 is 2.23 bits per heavy atom. The lowest BCUT2D eigenvalue weighted by molar-refractivity contribution is 0.632. The number of nitrogens with zero attached hydrogens (tertiary/aromatic N) is 1. The molecule has 0 aliphatic rings. The molecule has 6 heteroatoms. The van der Waals surface area contributed by atoms with Crippen LogP contribution in [-0.2, 0) is 0 Å². The molecule has 4 nitrogen and oxygen atoms in total. The average Bonchev–Trinajstić information content (AvgIpc) is 2.66. The number of para-hydroxylation sites is 2. The number of anilines is 3. The van der Waals surface area contributed by atoms with E-state index >= 15 is 0 Å². The van der Waals surface area contributed by atoms with Crippen molar-refractivity contribution in [3.63, 3.8) is 0 Å². The summed E-state index contributed by atoms with van der Waals surface area (Å²) in [5, 5.41) is 10.3. The largest absolute Gasteiger partial charge is 0.356 e. The molecule has 0 aromatic heterocycles. The molecule has 130 valence electrons. The van der Waals surface area contributed by atoms with Gasteiger partial charge in [0.1, 0.15) is 5.82 Å². The third-order valence-corrected chi connectivity index (χ3v) is 3.67. The van der Waals surface area contributed by atoms with Gasteiger partial charge in [0.25, 0.3) is 0 Å². The Bertz CT molecular complexity index is 895. The van der Waals surface area contributed by atoms with Crippen molar-refractivity contribution in [1.82, 2.24) is 5.43 Å². The summed E-state index contributed by atoms with van der Waals surface area (Å²) in [6.07, 6.45) is 1.64. The zero-order chi connectivity index (χ0) is 18.2. The molecule has 0 aliphatic heterocycles. The molecule has 0 spiro atoms. The van der Waals surface area contributed by atoms with E-state index in [2.05, 4.69) is 21.2 Å². The van der Waals surface area contributed by atoms with Crippen molar-refractivity contribution in [3.8, 4) is 0 Å². The number of hydrogen-bond donors (Lipinski definition) is 3. The second kappa shape index (κ2) is 8.73. The normalized spacial score (nSPS) is 10.5. The predicted molar refractivity (Wildman–Crippen MR) is 110 cm³/mol. The first-order chi connectivity index (χ1) is 12.7. The highest BCUT2D eigenvalue weighted by Gasteiger charge is 2.01. The molecule has 3 aromatic carbocycles. The number of halogens is 1. The van der Waals surface area contributed by atoms with E-state index in [0.29, 0.717) is 5.69 Å². The lowest BCUT2D eigenvalue weighted by Gasteiger charge is -2.07. The fourth-order valence-corrected chi connectivity index (χ4v) is 2.38. The Kier molecular flexibility index (Phi) is 5.90. The van der Waals surface area contributed by atoms with E-state index < -0.39 is 0 Å². The molecule has 26 heavy (non-hydrogen) atoms. The molecule has 0 atom stereocenters. The van der Waals surface area contributed by atoms with Crippen molar-refractivity contribution in [2.24, 2.45) is 5.10 Å².